The molecule has 1 saturated carbocycles. The third-order valence-corrected chi connectivity index (χ3v) is 5.23. The molecule has 0 radical (unpaired) electrons. The second-order valence-electron chi connectivity index (χ2n) is 7.42. The van der Waals surface area contributed by atoms with Gasteiger partial charge in [0.25, 0.3) is 11.6 Å². The second-order valence-corrected chi connectivity index (χ2v) is 7.42. The highest BCUT2D eigenvalue weighted by molar-refractivity contribution is 5.99. The quantitative estimate of drug-likeness (QED) is 0.526. The predicted molar refractivity (Wildman–Crippen MR) is 107 cm³/mol. The van der Waals surface area contributed by atoms with Gasteiger partial charge < -0.3 is 20.0 Å². The van der Waals surface area contributed by atoms with Crippen molar-refractivity contribution in [2.45, 2.75) is 51.2 Å². The van der Waals surface area contributed by atoms with Gasteiger partial charge in [-0.05, 0) is 56.4 Å². The normalized spacial score (nSPS) is 14.8. The average Bonchev–Trinajstić information content (AvgIpc) is 3.20. The Morgan fingerprint density at radius 1 is 1.17 bits per heavy atom. The monoisotopic (exact) mass is 411 g/mol. The maximum atomic E-state index is 12.7. The number of carboxylic acid groups (broad SMARTS) is 1. The Hall–Kier alpha value is -3.42. The third kappa shape index (κ3) is 5.14. The standard InChI is InChI=1S/C22H24N2O6/c1-14-5-4-8-18(21(14)24(28)29)22(27)23-19(13-20(25)26)15-9-11-17(12-10-15)30-16-6-2-3-7-16/h4-5,8-12,16,19H,2-3,6-7,13H2,1H3,(H,23,27)(H,25,26)/p-1/t19-/m0/s1. The maximum absolute atomic E-state index is 12.7. The van der Waals surface area contributed by atoms with Crippen LogP contribution >= 0.6 is 0 Å². The van der Waals surface area contributed by atoms with E-state index in [1.54, 1.807) is 30.3 Å². The fourth-order valence-corrected chi connectivity index (χ4v) is 3.72. The van der Waals surface area contributed by atoms with Crippen LogP contribution in [0.5, 0.6) is 5.75 Å². The summed E-state index contributed by atoms with van der Waals surface area (Å²) < 4.78 is 5.91. The van der Waals surface area contributed by atoms with Crippen molar-refractivity contribution in [3.05, 3.63) is 69.3 Å². The molecule has 1 atom stereocenters. The van der Waals surface area contributed by atoms with E-state index in [-0.39, 0.29) is 17.4 Å². The van der Waals surface area contributed by atoms with Gasteiger partial charge in [-0.25, -0.2) is 0 Å². The van der Waals surface area contributed by atoms with Gasteiger partial charge in [0.05, 0.1) is 17.1 Å². The zero-order valence-corrected chi connectivity index (χ0v) is 16.6. The van der Waals surface area contributed by atoms with Gasteiger partial charge in [-0.2, -0.15) is 0 Å². The van der Waals surface area contributed by atoms with E-state index in [0.29, 0.717) is 16.9 Å². The summed E-state index contributed by atoms with van der Waals surface area (Å²) in [5, 5.41) is 25.2. The summed E-state index contributed by atoms with van der Waals surface area (Å²) in [6.07, 6.45) is 4.05. The van der Waals surface area contributed by atoms with Crippen molar-refractivity contribution in [2.75, 3.05) is 0 Å². The number of carboxylic acids is 1. The number of hydrogen-bond donors (Lipinski definition) is 1. The van der Waals surface area contributed by atoms with Gasteiger partial charge in [0.2, 0.25) is 0 Å². The number of nitrogens with one attached hydrogen (secondary N) is 1. The summed E-state index contributed by atoms with van der Waals surface area (Å²) in [6.45, 7) is 1.54. The van der Waals surface area contributed by atoms with E-state index in [4.69, 9.17) is 4.74 Å². The van der Waals surface area contributed by atoms with E-state index in [0.717, 1.165) is 25.7 Å². The number of carbonyl (C=O) groups is 2. The Bertz CT molecular complexity index is 935. The molecule has 2 aromatic carbocycles. The summed E-state index contributed by atoms with van der Waals surface area (Å²) in [5.41, 5.74) is 0.464. The lowest BCUT2D eigenvalue weighted by Gasteiger charge is -2.21. The molecule has 0 aliphatic heterocycles. The molecule has 30 heavy (non-hydrogen) atoms. The molecule has 1 aliphatic rings. The Morgan fingerprint density at radius 3 is 2.43 bits per heavy atom. The first-order valence-corrected chi connectivity index (χ1v) is 9.86. The van der Waals surface area contributed by atoms with Gasteiger partial charge >= 0.3 is 0 Å². The molecule has 1 amide bonds. The number of rotatable bonds is 8. The van der Waals surface area contributed by atoms with Crippen LogP contribution in [-0.4, -0.2) is 22.9 Å². The summed E-state index contributed by atoms with van der Waals surface area (Å²) >= 11 is 0. The first-order chi connectivity index (χ1) is 14.3. The van der Waals surface area contributed by atoms with Crippen molar-refractivity contribution in [3.63, 3.8) is 0 Å². The first kappa shape index (κ1) is 21.3. The molecule has 8 nitrogen and oxygen atoms in total. The average molecular weight is 411 g/mol. The molecule has 8 heteroatoms. The molecule has 0 bridgehead atoms. The number of carbonyl (C=O) groups excluding carboxylic acids is 2. The molecule has 2 aromatic rings. The summed E-state index contributed by atoms with van der Waals surface area (Å²) in [4.78, 5) is 34.7. The highest BCUT2D eigenvalue weighted by atomic mass is 16.6. The smallest absolute Gasteiger partial charge is 0.285 e. The van der Waals surface area contributed by atoms with Crippen molar-refractivity contribution in [1.82, 2.24) is 5.32 Å². The topological polar surface area (TPSA) is 122 Å². The van der Waals surface area contributed by atoms with Gasteiger partial charge in [-0.15, -0.1) is 0 Å². The minimum absolute atomic E-state index is 0.121. The van der Waals surface area contributed by atoms with E-state index in [9.17, 15) is 24.8 Å². The van der Waals surface area contributed by atoms with E-state index < -0.39 is 29.3 Å². The van der Waals surface area contributed by atoms with E-state index in [2.05, 4.69) is 5.32 Å². The number of para-hydroxylation sites is 1. The fraction of sp³-hybridized carbons (Fsp3) is 0.364. The molecular weight excluding hydrogens is 388 g/mol. The number of nitrogens with zero attached hydrogens (tertiary/aromatic N) is 1. The molecule has 1 aliphatic carbocycles. The molecule has 1 N–H and O–H groups in total. The van der Waals surface area contributed by atoms with Crippen LogP contribution in [-0.2, 0) is 4.79 Å². The zero-order chi connectivity index (χ0) is 21.7. The Kier molecular flexibility index (Phi) is 6.66. The van der Waals surface area contributed by atoms with Crippen LogP contribution in [0.15, 0.2) is 42.5 Å². The molecule has 0 unspecified atom stereocenters. The molecule has 1 fully saturated rings. The molecule has 0 heterocycles. The van der Waals surface area contributed by atoms with Crippen LogP contribution in [0.1, 0.15) is 59.6 Å². The Labute approximate surface area is 174 Å². The van der Waals surface area contributed by atoms with Gasteiger partial charge in [0.15, 0.2) is 0 Å². The molecule has 0 spiro atoms. The molecule has 158 valence electrons. The second kappa shape index (κ2) is 9.39. The number of benzene rings is 2. The van der Waals surface area contributed by atoms with Crippen LogP contribution in [0, 0.1) is 17.0 Å². The number of nitro benzene ring substituents is 1. The number of nitro groups is 1. The van der Waals surface area contributed by atoms with Gasteiger partial charge in [0, 0.05) is 18.0 Å². The van der Waals surface area contributed by atoms with Crippen molar-refractivity contribution in [3.8, 4) is 5.75 Å². The number of aryl methyl sites for hydroxylation is 1. The van der Waals surface area contributed by atoms with E-state index in [1.807, 2.05) is 0 Å². The third-order valence-electron chi connectivity index (χ3n) is 5.23. The van der Waals surface area contributed by atoms with Gasteiger partial charge in [0.1, 0.15) is 11.3 Å². The lowest BCUT2D eigenvalue weighted by atomic mass is 10.0. The molecule has 0 aromatic heterocycles. The van der Waals surface area contributed by atoms with Crippen molar-refractivity contribution in [2.24, 2.45) is 0 Å². The van der Waals surface area contributed by atoms with Crippen molar-refractivity contribution in [1.29, 1.82) is 0 Å². The SMILES string of the molecule is Cc1cccc(C(=O)N[C@@H](CC(=O)[O-])c2ccc(OC3CCCC3)cc2)c1[N+](=O)[O-]. The lowest BCUT2D eigenvalue weighted by Crippen LogP contribution is -2.34. The summed E-state index contributed by atoms with van der Waals surface area (Å²) in [6, 6.07) is 10.4. The van der Waals surface area contributed by atoms with Crippen LogP contribution in [0.3, 0.4) is 0 Å². The largest absolute Gasteiger partial charge is 0.550 e. The highest BCUT2D eigenvalue weighted by Gasteiger charge is 2.25. The van der Waals surface area contributed by atoms with E-state index >= 15 is 0 Å². The maximum Gasteiger partial charge on any atom is 0.285 e. The lowest BCUT2D eigenvalue weighted by molar-refractivity contribution is -0.385. The van der Waals surface area contributed by atoms with Crippen LogP contribution in [0.4, 0.5) is 5.69 Å². The van der Waals surface area contributed by atoms with Crippen molar-refractivity contribution < 1.29 is 24.4 Å². The summed E-state index contributed by atoms with van der Waals surface area (Å²) in [5.74, 6) is -1.38. The number of ether oxygens (including phenoxy) is 1. The van der Waals surface area contributed by atoms with Crippen LogP contribution in [0.25, 0.3) is 0 Å². The van der Waals surface area contributed by atoms with Crippen LogP contribution < -0.4 is 15.2 Å². The molecule has 3 rings (SSSR count). The minimum Gasteiger partial charge on any atom is -0.550 e. The summed E-state index contributed by atoms with van der Waals surface area (Å²) in [7, 11) is 0. The number of hydrogen-bond acceptors (Lipinski definition) is 6. The fourth-order valence-electron chi connectivity index (χ4n) is 3.72. The van der Waals surface area contributed by atoms with Gasteiger partial charge in [-0.1, -0.05) is 24.3 Å². The van der Waals surface area contributed by atoms with Crippen molar-refractivity contribution >= 4 is 17.6 Å². The molecular formula is C22H23N2O6-. The van der Waals surface area contributed by atoms with E-state index in [1.165, 1.54) is 19.1 Å². The predicted octanol–water partition coefficient (Wildman–Crippen LogP) is 2.84. The Morgan fingerprint density at radius 2 is 1.83 bits per heavy atom. The van der Waals surface area contributed by atoms with Crippen LogP contribution in [0.2, 0.25) is 0 Å². The molecule has 0 saturated heterocycles. The zero-order valence-electron chi connectivity index (χ0n) is 16.6. The highest BCUT2D eigenvalue weighted by Crippen LogP contribution is 2.27. The first-order valence-electron chi connectivity index (χ1n) is 9.86. The Balaban J connectivity index is 1.79. The minimum atomic E-state index is -1.34. The number of amides is 1. The number of aliphatic carboxylic acids is 1. The van der Waals surface area contributed by atoms with Gasteiger partial charge in [-0.3, -0.25) is 14.9 Å².